The SMILES string of the molecule is Cc1nc(N)ccc1CN.Cc1nc(N)ccc1CNC(=O)[C@@H]1COCCN1C(=O)[C@@H]1CC[C@@H](Cc2ccccc2)C1. The Labute approximate surface area is 248 Å². The number of anilines is 2. The number of pyridine rings is 2. The van der Waals surface area contributed by atoms with E-state index >= 15 is 0 Å². The summed E-state index contributed by atoms with van der Waals surface area (Å²) in [4.78, 5) is 36.3. The number of carbonyl (C=O) groups is 2. The molecule has 10 heteroatoms. The van der Waals surface area contributed by atoms with Gasteiger partial charge in [0.25, 0.3) is 0 Å². The number of nitrogen functional groups attached to an aromatic ring is 2. The Morgan fingerprint density at radius 2 is 1.62 bits per heavy atom. The molecule has 1 aliphatic heterocycles. The van der Waals surface area contributed by atoms with Crippen molar-refractivity contribution >= 4 is 23.5 Å². The maximum Gasteiger partial charge on any atom is 0.245 e. The van der Waals surface area contributed by atoms with E-state index in [2.05, 4.69) is 39.6 Å². The van der Waals surface area contributed by atoms with Gasteiger partial charge in [-0.25, -0.2) is 9.97 Å². The molecule has 0 bridgehead atoms. The van der Waals surface area contributed by atoms with Crippen molar-refractivity contribution in [1.82, 2.24) is 20.2 Å². The topological polar surface area (TPSA) is 162 Å². The number of amides is 2. The van der Waals surface area contributed by atoms with Crippen molar-refractivity contribution < 1.29 is 14.3 Å². The predicted octanol–water partition coefficient (Wildman–Crippen LogP) is 2.91. The van der Waals surface area contributed by atoms with Crippen LogP contribution in [0.25, 0.3) is 0 Å². The fraction of sp³-hybridized carbons (Fsp3) is 0.438. The summed E-state index contributed by atoms with van der Waals surface area (Å²) >= 11 is 0. The summed E-state index contributed by atoms with van der Waals surface area (Å²) in [7, 11) is 0. The van der Waals surface area contributed by atoms with Crippen LogP contribution >= 0.6 is 0 Å². The summed E-state index contributed by atoms with van der Waals surface area (Å²) in [5.41, 5.74) is 21.5. The van der Waals surface area contributed by atoms with Crippen LogP contribution in [0.15, 0.2) is 54.6 Å². The Balaban J connectivity index is 0.000000343. The lowest BCUT2D eigenvalue weighted by Gasteiger charge is -2.36. The molecule has 1 aliphatic carbocycles. The van der Waals surface area contributed by atoms with Gasteiger partial charge < -0.3 is 32.2 Å². The van der Waals surface area contributed by atoms with Crippen molar-refractivity contribution in [2.24, 2.45) is 17.6 Å². The van der Waals surface area contributed by atoms with Crippen LogP contribution in [0.3, 0.4) is 0 Å². The standard InChI is InChI=1S/C25H32N4O3.C7H11N3/c1-17-21(9-10-23(26)28-17)15-27-24(30)22-16-32-12-11-29(22)25(31)20-8-7-19(14-20)13-18-5-3-2-4-6-18;1-5-6(4-8)2-3-7(9)10-5/h2-6,9-10,19-20,22H,7-8,11-16H2,1H3,(H2,26,28)(H,27,30);2-3H,4,8H2,1H3,(H2,9,10)/t19-,20+,22-;/m0./s1. The first-order valence-corrected chi connectivity index (χ1v) is 14.6. The molecule has 3 heterocycles. The van der Waals surface area contributed by atoms with E-state index in [1.54, 1.807) is 17.0 Å². The largest absolute Gasteiger partial charge is 0.384 e. The zero-order valence-electron chi connectivity index (χ0n) is 24.6. The van der Waals surface area contributed by atoms with Crippen molar-refractivity contribution in [2.45, 2.75) is 58.7 Å². The molecule has 2 aliphatic rings. The Morgan fingerprint density at radius 1 is 0.952 bits per heavy atom. The quantitative estimate of drug-likeness (QED) is 0.335. The molecule has 1 saturated heterocycles. The number of nitrogens with one attached hydrogen (secondary N) is 1. The summed E-state index contributed by atoms with van der Waals surface area (Å²) in [5.74, 6) is 1.41. The third-order valence-electron chi connectivity index (χ3n) is 8.08. The van der Waals surface area contributed by atoms with E-state index in [0.717, 1.165) is 48.2 Å². The van der Waals surface area contributed by atoms with Crippen LogP contribution in [0, 0.1) is 25.7 Å². The molecule has 0 radical (unpaired) electrons. The van der Waals surface area contributed by atoms with E-state index in [0.29, 0.717) is 43.8 Å². The third kappa shape index (κ3) is 8.27. The molecule has 1 aromatic carbocycles. The second kappa shape index (κ2) is 14.7. The number of nitrogens with zero attached hydrogens (tertiary/aromatic N) is 3. The maximum atomic E-state index is 13.3. The van der Waals surface area contributed by atoms with Crippen LogP contribution in [0.1, 0.15) is 47.3 Å². The number of aromatic nitrogens is 2. The van der Waals surface area contributed by atoms with Crippen LogP contribution in [0.5, 0.6) is 0 Å². The molecular formula is C32H43N7O3. The van der Waals surface area contributed by atoms with Crippen molar-refractivity contribution in [3.8, 4) is 0 Å². The Morgan fingerprint density at radius 3 is 2.26 bits per heavy atom. The zero-order chi connectivity index (χ0) is 30.1. The molecule has 2 aromatic heterocycles. The van der Waals surface area contributed by atoms with E-state index in [9.17, 15) is 9.59 Å². The molecule has 7 N–H and O–H groups in total. The number of ether oxygens (including phenoxy) is 1. The number of nitrogens with two attached hydrogens (primary N) is 3. The molecular weight excluding hydrogens is 530 g/mol. The van der Waals surface area contributed by atoms with Gasteiger partial charge in [-0.05, 0) is 74.3 Å². The molecule has 0 unspecified atom stereocenters. The van der Waals surface area contributed by atoms with Crippen LogP contribution in [-0.2, 0) is 33.8 Å². The Hall–Kier alpha value is -4.02. The summed E-state index contributed by atoms with van der Waals surface area (Å²) < 4.78 is 5.55. The lowest BCUT2D eigenvalue weighted by molar-refractivity contribution is -0.151. The number of benzene rings is 1. The highest BCUT2D eigenvalue weighted by atomic mass is 16.5. The van der Waals surface area contributed by atoms with Gasteiger partial charge in [-0.1, -0.05) is 42.5 Å². The molecule has 2 fully saturated rings. The zero-order valence-corrected chi connectivity index (χ0v) is 24.6. The number of morpholine rings is 1. The van der Waals surface area contributed by atoms with Crippen LogP contribution in [-0.4, -0.2) is 52.5 Å². The van der Waals surface area contributed by atoms with Crippen LogP contribution in [0.2, 0.25) is 0 Å². The molecule has 3 aromatic rings. The molecule has 42 heavy (non-hydrogen) atoms. The number of aryl methyl sites for hydroxylation is 2. The monoisotopic (exact) mass is 573 g/mol. The smallest absolute Gasteiger partial charge is 0.245 e. The fourth-order valence-electron chi connectivity index (χ4n) is 5.67. The molecule has 2 amide bonds. The second-order valence-electron chi connectivity index (χ2n) is 11.1. The minimum absolute atomic E-state index is 0.0133. The molecule has 0 spiro atoms. The molecule has 224 valence electrons. The maximum absolute atomic E-state index is 13.3. The Kier molecular flexibility index (Phi) is 10.9. The lowest BCUT2D eigenvalue weighted by Crippen LogP contribution is -2.57. The highest BCUT2D eigenvalue weighted by molar-refractivity contribution is 5.89. The van der Waals surface area contributed by atoms with E-state index in [1.165, 1.54) is 5.56 Å². The van der Waals surface area contributed by atoms with E-state index < -0.39 is 6.04 Å². The van der Waals surface area contributed by atoms with Gasteiger partial charge in [-0.15, -0.1) is 0 Å². The third-order valence-corrected chi connectivity index (χ3v) is 8.08. The van der Waals surface area contributed by atoms with Gasteiger partial charge in [0.2, 0.25) is 11.8 Å². The highest BCUT2D eigenvalue weighted by Gasteiger charge is 2.38. The average Bonchev–Trinajstić information content (AvgIpc) is 3.45. The minimum atomic E-state index is -0.591. The summed E-state index contributed by atoms with van der Waals surface area (Å²) in [6.45, 7) is 5.80. The number of carbonyl (C=O) groups excluding carboxylic acids is 2. The van der Waals surface area contributed by atoms with Gasteiger partial charge in [-0.2, -0.15) is 0 Å². The summed E-state index contributed by atoms with van der Waals surface area (Å²) in [6, 6.07) is 17.1. The Bertz CT molecular complexity index is 1350. The van der Waals surface area contributed by atoms with Crippen LogP contribution in [0.4, 0.5) is 11.6 Å². The van der Waals surface area contributed by atoms with E-state index in [1.807, 2.05) is 32.0 Å². The van der Waals surface area contributed by atoms with Crippen LogP contribution < -0.4 is 22.5 Å². The highest BCUT2D eigenvalue weighted by Crippen LogP contribution is 2.35. The van der Waals surface area contributed by atoms with Gasteiger partial charge in [0.05, 0.1) is 13.2 Å². The van der Waals surface area contributed by atoms with Gasteiger partial charge in [0, 0.05) is 36.9 Å². The second-order valence-corrected chi connectivity index (χ2v) is 11.1. The first kappa shape index (κ1) is 30.9. The fourth-order valence-corrected chi connectivity index (χ4v) is 5.67. The lowest BCUT2D eigenvalue weighted by atomic mass is 9.96. The van der Waals surface area contributed by atoms with Gasteiger partial charge >= 0.3 is 0 Å². The predicted molar refractivity (Wildman–Crippen MR) is 164 cm³/mol. The normalized spacial score (nSPS) is 20.0. The van der Waals surface area contributed by atoms with Crippen molar-refractivity contribution in [3.63, 3.8) is 0 Å². The first-order chi connectivity index (χ1) is 20.2. The summed E-state index contributed by atoms with van der Waals surface area (Å²) in [5, 5.41) is 2.95. The first-order valence-electron chi connectivity index (χ1n) is 14.6. The van der Waals surface area contributed by atoms with E-state index in [4.69, 9.17) is 21.9 Å². The van der Waals surface area contributed by atoms with Gasteiger partial charge in [-0.3, -0.25) is 9.59 Å². The molecule has 10 nitrogen and oxygen atoms in total. The van der Waals surface area contributed by atoms with Crippen molar-refractivity contribution in [3.05, 3.63) is 82.7 Å². The summed E-state index contributed by atoms with van der Waals surface area (Å²) in [6.07, 6.45) is 3.83. The molecule has 3 atom stereocenters. The van der Waals surface area contributed by atoms with Crippen molar-refractivity contribution in [2.75, 3.05) is 31.2 Å². The van der Waals surface area contributed by atoms with Crippen molar-refractivity contribution in [1.29, 1.82) is 0 Å². The van der Waals surface area contributed by atoms with Gasteiger partial charge in [0.1, 0.15) is 17.7 Å². The number of hydrogen-bond donors (Lipinski definition) is 4. The number of rotatable bonds is 7. The van der Waals surface area contributed by atoms with E-state index in [-0.39, 0.29) is 24.3 Å². The average molecular weight is 574 g/mol. The number of hydrogen-bond acceptors (Lipinski definition) is 8. The molecule has 5 rings (SSSR count). The minimum Gasteiger partial charge on any atom is -0.384 e. The molecule has 1 saturated carbocycles. The van der Waals surface area contributed by atoms with Gasteiger partial charge in [0.15, 0.2) is 0 Å².